The molecule has 1 N–H and O–H groups in total. The lowest BCUT2D eigenvalue weighted by atomic mass is 10.0. The van der Waals surface area contributed by atoms with Gasteiger partial charge in [0.15, 0.2) is 6.61 Å². The highest BCUT2D eigenvalue weighted by molar-refractivity contribution is 5.78. The van der Waals surface area contributed by atoms with Crippen molar-refractivity contribution in [3.05, 3.63) is 65.7 Å². The maximum absolute atomic E-state index is 12.4. The lowest BCUT2D eigenvalue weighted by Gasteiger charge is -2.32. The summed E-state index contributed by atoms with van der Waals surface area (Å²) in [6.45, 7) is 3.41. The predicted octanol–water partition coefficient (Wildman–Crippen LogP) is 3.11. The Balaban J connectivity index is 1.34. The molecule has 2 amide bonds. The van der Waals surface area contributed by atoms with Crippen molar-refractivity contribution in [1.82, 2.24) is 10.2 Å². The fraction of sp³-hybridized carbons (Fsp3) is 0.391. The van der Waals surface area contributed by atoms with Gasteiger partial charge < -0.3 is 15.0 Å². The third-order valence-corrected chi connectivity index (χ3v) is 5.07. The number of carbonyl (C=O) groups excluding carboxylic acids is 2. The van der Waals surface area contributed by atoms with E-state index in [0.717, 1.165) is 24.8 Å². The first-order chi connectivity index (χ1) is 13.6. The summed E-state index contributed by atoms with van der Waals surface area (Å²) in [7, 11) is 0. The molecule has 0 aliphatic carbocycles. The molecule has 1 aliphatic rings. The molecule has 0 saturated carbocycles. The molecule has 2 aromatic carbocycles. The predicted molar refractivity (Wildman–Crippen MR) is 109 cm³/mol. The Bertz CT molecular complexity index is 766. The fourth-order valence-electron chi connectivity index (χ4n) is 3.38. The number of aryl methyl sites for hydroxylation is 2. The van der Waals surface area contributed by atoms with Gasteiger partial charge in [0.05, 0.1) is 0 Å². The summed E-state index contributed by atoms with van der Waals surface area (Å²) in [5.41, 5.74) is 2.34. The number of carbonyl (C=O) groups is 2. The molecule has 0 unspecified atom stereocenters. The van der Waals surface area contributed by atoms with Crippen molar-refractivity contribution < 1.29 is 14.3 Å². The molecule has 0 aromatic heterocycles. The van der Waals surface area contributed by atoms with Crippen molar-refractivity contribution in [1.29, 1.82) is 0 Å². The topological polar surface area (TPSA) is 58.6 Å². The standard InChI is InChI=1S/C23H28N2O3/c1-18-7-10-21(11-8-18)28-17-22(26)24-20-13-15-25(16-14-20)23(27)12-9-19-5-3-2-4-6-19/h2-8,10-11,20H,9,12-17H2,1H3,(H,24,26). The van der Waals surface area contributed by atoms with Gasteiger partial charge in [-0.05, 0) is 43.9 Å². The number of nitrogens with zero attached hydrogens (tertiary/aromatic N) is 1. The van der Waals surface area contributed by atoms with Gasteiger partial charge in [-0.2, -0.15) is 0 Å². The van der Waals surface area contributed by atoms with Crippen LogP contribution in [0.25, 0.3) is 0 Å². The molecular weight excluding hydrogens is 352 g/mol. The lowest BCUT2D eigenvalue weighted by molar-refractivity contribution is -0.132. The van der Waals surface area contributed by atoms with Crippen LogP contribution in [0.5, 0.6) is 5.75 Å². The van der Waals surface area contributed by atoms with E-state index < -0.39 is 0 Å². The Hall–Kier alpha value is -2.82. The molecule has 5 nitrogen and oxygen atoms in total. The number of likely N-dealkylation sites (tertiary alicyclic amines) is 1. The number of ether oxygens (including phenoxy) is 1. The number of rotatable bonds is 7. The van der Waals surface area contributed by atoms with Gasteiger partial charge in [0.2, 0.25) is 5.91 Å². The van der Waals surface area contributed by atoms with E-state index in [1.165, 1.54) is 5.56 Å². The number of benzene rings is 2. The zero-order valence-corrected chi connectivity index (χ0v) is 16.4. The first-order valence-electron chi connectivity index (χ1n) is 9.90. The van der Waals surface area contributed by atoms with E-state index in [0.29, 0.717) is 25.3 Å². The maximum atomic E-state index is 12.4. The molecule has 1 saturated heterocycles. The van der Waals surface area contributed by atoms with Gasteiger partial charge in [-0.3, -0.25) is 9.59 Å². The van der Waals surface area contributed by atoms with Gasteiger partial charge >= 0.3 is 0 Å². The van der Waals surface area contributed by atoms with Crippen LogP contribution in [0.1, 0.15) is 30.4 Å². The minimum absolute atomic E-state index is 0.0132. The molecule has 0 bridgehead atoms. The monoisotopic (exact) mass is 380 g/mol. The van der Waals surface area contributed by atoms with Crippen LogP contribution < -0.4 is 10.1 Å². The van der Waals surface area contributed by atoms with E-state index in [2.05, 4.69) is 5.32 Å². The van der Waals surface area contributed by atoms with Crippen LogP contribution in [0, 0.1) is 6.92 Å². The molecule has 0 atom stereocenters. The number of hydrogen-bond acceptors (Lipinski definition) is 3. The van der Waals surface area contributed by atoms with Crippen molar-refractivity contribution in [3.8, 4) is 5.75 Å². The van der Waals surface area contributed by atoms with E-state index in [4.69, 9.17) is 4.74 Å². The molecule has 5 heteroatoms. The van der Waals surface area contributed by atoms with Gasteiger partial charge in [0, 0.05) is 25.6 Å². The number of hydrogen-bond donors (Lipinski definition) is 1. The van der Waals surface area contributed by atoms with Crippen molar-refractivity contribution in [3.63, 3.8) is 0 Å². The molecule has 148 valence electrons. The summed E-state index contributed by atoms with van der Waals surface area (Å²) < 4.78 is 5.52. The Labute approximate surface area is 166 Å². The van der Waals surface area contributed by atoms with Crippen LogP contribution in [-0.2, 0) is 16.0 Å². The van der Waals surface area contributed by atoms with Crippen LogP contribution >= 0.6 is 0 Å². The molecular formula is C23H28N2O3. The lowest BCUT2D eigenvalue weighted by Crippen LogP contribution is -2.47. The zero-order chi connectivity index (χ0) is 19.8. The summed E-state index contributed by atoms with van der Waals surface area (Å²) in [5, 5.41) is 3.02. The largest absolute Gasteiger partial charge is 0.484 e. The zero-order valence-electron chi connectivity index (χ0n) is 16.4. The normalized spacial score (nSPS) is 14.5. The fourth-order valence-corrected chi connectivity index (χ4v) is 3.38. The number of amides is 2. The second-order valence-electron chi connectivity index (χ2n) is 7.31. The maximum Gasteiger partial charge on any atom is 0.258 e. The first kappa shape index (κ1) is 19.9. The van der Waals surface area contributed by atoms with E-state index >= 15 is 0 Å². The molecule has 3 rings (SSSR count). The quantitative estimate of drug-likeness (QED) is 0.803. The summed E-state index contributed by atoms with van der Waals surface area (Å²) in [6.07, 6.45) is 2.87. The van der Waals surface area contributed by atoms with Crippen LogP contribution in [-0.4, -0.2) is 42.5 Å². The molecule has 0 radical (unpaired) electrons. The van der Waals surface area contributed by atoms with Gasteiger partial charge in [-0.15, -0.1) is 0 Å². The van der Waals surface area contributed by atoms with Crippen LogP contribution in [0.2, 0.25) is 0 Å². The van der Waals surface area contributed by atoms with Gasteiger partial charge in [0.1, 0.15) is 5.75 Å². The van der Waals surface area contributed by atoms with E-state index in [9.17, 15) is 9.59 Å². The second kappa shape index (κ2) is 9.93. The molecule has 1 aliphatic heterocycles. The Kier molecular flexibility index (Phi) is 7.06. The van der Waals surface area contributed by atoms with E-state index in [-0.39, 0.29) is 24.5 Å². The van der Waals surface area contributed by atoms with Crippen molar-refractivity contribution in [2.24, 2.45) is 0 Å². The van der Waals surface area contributed by atoms with Crippen molar-refractivity contribution in [2.45, 2.75) is 38.6 Å². The molecule has 28 heavy (non-hydrogen) atoms. The van der Waals surface area contributed by atoms with E-state index in [1.807, 2.05) is 66.4 Å². The molecule has 2 aromatic rings. The number of piperidine rings is 1. The minimum atomic E-state index is -0.116. The summed E-state index contributed by atoms with van der Waals surface area (Å²) in [5.74, 6) is 0.769. The van der Waals surface area contributed by atoms with E-state index in [1.54, 1.807) is 0 Å². The highest BCUT2D eigenvalue weighted by Crippen LogP contribution is 2.14. The molecule has 0 spiro atoms. The second-order valence-corrected chi connectivity index (χ2v) is 7.31. The van der Waals surface area contributed by atoms with Crippen LogP contribution in [0.3, 0.4) is 0 Å². The van der Waals surface area contributed by atoms with Gasteiger partial charge in [-0.1, -0.05) is 48.0 Å². The van der Waals surface area contributed by atoms with Crippen molar-refractivity contribution in [2.75, 3.05) is 19.7 Å². The van der Waals surface area contributed by atoms with Crippen LogP contribution in [0.15, 0.2) is 54.6 Å². The summed E-state index contributed by atoms with van der Waals surface area (Å²) >= 11 is 0. The third-order valence-electron chi connectivity index (χ3n) is 5.07. The summed E-state index contributed by atoms with van der Waals surface area (Å²) in [6, 6.07) is 17.8. The Morgan fingerprint density at radius 3 is 2.39 bits per heavy atom. The first-order valence-corrected chi connectivity index (χ1v) is 9.90. The highest BCUT2D eigenvalue weighted by atomic mass is 16.5. The molecule has 1 fully saturated rings. The summed E-state index contributed by atoms with van der Waals surface area (Å²) in [4.78, 5) is 26.4. The highest BCUT2D eigenvalue weighted by Gasteiger charge is 2.23. The average Bonchev–Trinajstić information content (AvgIpc) is 2.73. The third kappa shape index (κ3) is 6.12. The smallest absolute Gasteiger partial charge is 0.258 e. The number of nitrogens with one attached hydrogen (secondary N) is 1. The van der Waals surface area contributed by atoms with Gasteiger partial charge in [0.25, 0.3) is 5.91 Å². The Morgan fingerprint density at radius 1 is 1.04 bits per heavy atom. The minimum Gasteiger partial charge on any atom is -0.484 e. The van der Waals surface area contributed by atoms with Gasteiger partial charge in [-0.25, -0.2) is 0 Å². The SMILES string of the molecule is Cc1ccc(OCC(=O)NC2CCN(C(=O)CCc3ccccc3)CC2)cc1. The Morgan fingerprint density at radius 2 is 1.71 bits per heavy atom. The average molecular weight is 380 g/mol. The van der Waals surface area contributed by atoms with Crippen LogP contribution in [0.4, 0.5) is 0 Å². The molecule has 1 heterocycles. The van der Waals surface area contributed by atoms with Crippen molar-refractivity contribution >= 4 is 11.8 Å².